The molecule has 1 aromatic rings. The van der Waals surface area contributed by atoms with E-state index in [0.29, 0.717) is 12.1 Å². The van der Waals surface area contributed by atoms with Gasteiger partial charge in [-0.2, -0.15) is 0 Å². The van der Waals surface area contributed by atoms with E-state index < -0.39 is 50.2 Å². The summed E-state index contributed by atoms with van der Waals surface area (Å²) in [6.07, 6.45) is 0. The van der Waals surface area contributed by atoms with E-state index in [0.717, 1.165) is 0 Å². The van der Waals surface area contributed by atoms with Crippen LogP contribution in [0.15, 0.2) is 17.0 Å². The van der Waals surface area contributed by atoms with Gasteiger partial charge in [0.15, 0.2) is 11.6 Å². The Bertz CT molecular complexity index is 642. The number of sulfonamides is 1. The molecule has 0 aliphatic heterocycles. The zero-order chi connectivity index (χ0) is 15.7. The summed E-state index contributed by atoms with van der Waals surface area (Å²) in [4.78, 5) is 9.61. The zero-order valence-corrected chi connectivity index (χ0v) is 11.5. The normalized spacial score (nSPS) is 12.4. The number of nitrogens with one attached hydrogen (secondary N) is 1. The van der Waals surface area contributed by atoms with Gasteiger partial charge >= 0.3 is 5.97 Å². The van der Waals surface area contributed by atoms with Crippen LogP contribution in [0.5, 0.6) is 0 Å². The lowest BCUT2D eigenvalue weighted by atomic mass is 10.1. The number of aromatic carboxylic acids is 1. The third-order valence-electron chi connectivity index (χ3n) is 2.34. The molecule has 3 N–H and O–H groups in total. The van der Waals surface area contributed by atoms with Crippen molar-refractivity contribution in [1.82, 2.24) is 4.72 Å². The molecule has 112 valence electrons. The van der Waals surface area contributed by atoms with Gasteiger partial charge in [-0.3, -0.25) is 0 Å². The van der Waals surface area contributed by atoms with E-state index in [4.69, 9.17) is 10.2 Å². The Morgan fingerprint density at radius 3 is 2.35 bits per heavy atom. The van der Waals surface area contributed by atoms with Gasteiger partial charge in [0.1, 0.15) is 4.90 Å². The highest BCUT2D eigenvalue weighted by Crippen LogP contribution is 2.21. The minimum atomic E-state index is -4.53. The van der Waals surface area contributed by atoms with E-state index in [9.17, 15) is 22.0 Å². The van der Waals surface area contributed by atoms with Crippen molar-refractivity contribution >= 4 is 16.0 Å². The number of carboxylic acid groups (broad SMARTS) is 1. The van der Waals surface area contributed by atoms with Gasteiger partial charge in [-0.25, -0.2) is 26.7 Å². The van der Waals surface area contributed by atoms with Crippen molar-refractivity contribution in [2.45, 2.75) is 24.3 Å². The molecule has 0 amide bonds. The van der Waals surface area contributed by atoms with Crippen LogP contribution < -0.4 is 4.72 Å². The second-order valence-corrected chi connectivity index (χ2v) is 6.37. The molecule has 0 unspecified atom stereocenters. The first-order valence-electron chi connectivity index (χ1n) is 5.37. The van der Waals surface area contributed by atoms with Crippen molar-refractivity contribution in [3.8, 4) is 0 Å². The molecule has 0 saturated carbocycles. The van der Waals surface area contributed by atoms with Crippen LogP contribution in [0.25, 0.3) is 0 Å². The summed E-state index contributed by atoms with van der Waals surface area (Å²) in [5.74, 6) is -4.87. The van der Waals surface area contributed by atoms with Gasteiger partial charge in [0.25, 0.3) is 0 Å². The van der Waals surface area contributed by atoms with Gasteiger partial charge in [-0.15, -0.1) is 0 Å². The molecule has 0 aliphatic carbocycles. The largest absolute Gasteiger partial charge is 0.478 e. The summed E-state index contributed by atoms with van der Waals surface area (Å²) in [6.45, 7) is 2.05. The maximum atomic E-state index is 13.6. The highest BCUT2D eigenvalue weighted by molar-refractivity contribution is 7.89. The molecular weight excluding hydrogens is 296 g/mol. The van der Waals surface area contributed by atoms with Crippen molar-refractivity contribution in [1.29, 1.82) is 0 Å². The van der Waals surface area contributed by atoms with Gasteiger partial charge in [0.2, 0.25) is 10.0 Å². The van der Waals surface area contributed by atoms with Gasteiger partial charge in [0.05, 0.1) is 17.7 Å². The summed E-state index contributed by atoms with van der Waals surface area (Å²) in [5.41, 5.74) is -2.02. The van der Waals surface area contributed by atoms with E-state index in [1.165, 1.54) is 13.8 Å². The molecule has 0 spiro atoms. The van der Waals surface area contributed by atoms with Crippen LogP contribution in [-0.4, -0.2) is 36.7 Å². The predicted octanol–water partition coefficient (Wildman–Crippen LogP) is 0.712. The van der Waals surface area contributed by atoms with Crippen LogP contribution in [-0.2, 0) is 10.0 Å². The molecule has 1 aromatic carbocycles. The van der Waals surface area contributed by atoms with Gasteiger partial charge in [-0.05, 0) is 26.0 Å². The summed E-state index contributed by atoms with van der Waals surface area (Å²) >= 11 is 0. The molecule has 0 bridgehead atoms. The first-order valence-corrected chi connectivity index (χ1v) is 6.85. The molecule has 0 heterocycles. The fraction of sp³-hybridized carbons (Fsp3) is 0.364. The zero-order valence-electron chi connectivity index (χ0n) is 10.6. The van der Waals surface area contributed by atoms with E-state index in [-0.39, 0.29) is 0 Å². The van der Waals surface area contributed by atoms with Crippen LogP contribution in [0.1, 0.15) is 24.2 Å². The van der Waals surface area contributed by atoms with Crippen LogP contribution in [0.2, 0.25) is 0 Å². The second-order valence-electron chi connectivity index (χ2n) is 4.72. The van der Waals surface area contributed by atoms with E-state index >= 15 is 0 Å². The quantitative estimate of drug-likeness (QED) is 0.743. The number of halogens is 2. The Hall–Kier alpha value is -1.58. The number of benzene rings is 1. The molecule has 1 rings (SSSR count). The Kier molecular flexibility index (Phi) is 4.47. The van der Waals surface area contributed by atoms with Crippen molar-refractivity contribution in [2.24, 2.45) is 0 Å². The number of hydrogen-bond acceptors (Lipinski definition) is 4. The maximum absolute atomic E-state index is 13.6. The lowest BCUT2D eigenvalue weighted by molar-refractivity contribution is 0.0696. The van der Waals surface area contributed by atoms with Crippen LogP contribution in [0.4, 0.5) is 8.78 Å². The molecule has 0 fully saturated rings. The van der Waals surface area contributed by atoms with Crippen LogP contribution >= 0.6 is 0 Å². The Morgan fingerprint density at radius 2 is 1.90 bits per heavy atom. The number of aliphatic hydroxyl groups excluding tert-OH is 1. The fourth-order valence-electron chi connectivity index (χ4n) is 1.33. The molecule has 20 heavy (non-hydrogen) atoms. The highest BCUT2D eigenvalue weighted by Gasteiger charge is 2.30. The van der Waals surface area contributed by atoms with E-state index in [1.54, 1.807) is 0 Å². The van der Waals surface area contributed by atoms with Crippen molar-refractivity contribution < 1.29 is 32.2 Å². The minimum Gasteiger partial charge on any atom is -0.478 e. The topological polar surface area (TPSA) is 104 Å². The van der Waals surface area contributed by atoms with Gasteiger partial charge < -0.3 is 10.2 Å². The Morgan fingerprint density at radius 1 is 1.35 bits per heavy atom. The number of carboxylic acids is 1. The number of hydrogen-bond donors (Lipinski definition) is 3. The van der Waals surface area contributed by atoms with Crippen molar-refractivity contribution in [3.63, 3.8) is 0 Å². The van der Waals surface area contributed by atoms with E-state index in [2.05, 4.69) is 0 Å². The standard InChI is InChI=1S/C11H13F2NO5S/c1-11(2,5-15)14-20(18,19)8-4-6(10(16)17)3-7(12)9(8)13/h3-4,14-15H,5H2,1-2H3,(H,16,17). The van der Waals surface area contributed by atoms with E-state index in [1.807, 2.05) is 4.72 Å². The average molecular weight is 309 g/mol. The molecule has 0 aliphatic rings. The molecule has 6 nitrogen and oxygen atoms in total. The molecular formula is C11H13F2NO5S. The molecule has 0 aromatic heterocycles. The second kappa shape index (κ2) is 5.43. The smallest absolute Gasteiger partial charge is 0.335 e. The SMILES string of the molecule is CC(C)(CO)NS(=O)(=O)c1cc(C(=O)O)cc(F)c1F. The van der Waals surface area contributed by atoms with Gasteiger partial charge in [0, 0.05) is 0 Å². The minimum absolute atomic E-state index is 0.383. The van der Waals surface area contributed by atoms with Crippen molar-refractivity contribution in [2.75, 3.05) is 6.61 Å². The third-order valence-corrected chi connectivity index (χ3v) is 4.03. The lowest BCUT2D eigenvalue weighted by Gasteiger charge is -2.23. The Balaban J connectivity index is 3.42. The summed E-state index contributed by atoms with van der Waals surface area (Å²) in [5, 5.41) is 17.7. The molecule has 9 heteroatoms. The third kappa shape index (κ3) is 3.50. The predicted molar refractivity (Wildman–Crippen MR) is 64.8 cm³/mol. The average Bonchev–Trinajstić information content (AvgIpc) is 2.30. The monoisotopic (exact) mass is 309 g/mol. The lowest BCUT2D eigenvalue weighted by Crippen LogP contribution is -2.46. The summed E-state index contributed by atoms with van der Waals surface area (Å²) in [6, 6.07) is 0.893. The van der Waals surface area contributed by atoms with Gasteiger partial charge in [-0.1, -0.05) is 0 Å². The maximum Gasteiger partial charge on any atom is 0.335 e. The molecule has 0 saturated heterocycles. The summed E-state index contributed by atoms with van der Waals surface area (Å²) < 4.78 is 52.7. The first kappa shape index (κ1) is 16.5. The molecule has 0 atom stereocenters. The number of aliphatic hydroxyl groups is 1. The number of rotatable bonds is 5. The van der Waals surface area contributed by atoms with Crippen LogP contribution in [0.3, 0.4) is 0 Å². The number of carbonyl (C=O) groups is 1. The van der Waals surface area contributed by atoms with Crippen molar-refractivity contribution in [3.05, 3.63) is 29.3 Å². The fourth-order valence-corrected chi connectivity index (χ4v) is 2.85. The molecule has 0 radical (unpaired) electrons. The highest BCUT2D eigenvalue weighted by atomic mass is 32.2. The van der Waals surface area contributed by atoms with Crippen LogP contribution in [0, 0.1) is 11.6 Å². The Labute approximate surface area is 114 Å². The first-order chi connectivity index (χ1) is 9.00. The summed E-state index contributed by atoms with van der Waals surface area (Å²) in [7, 11) is -4.53.